The molecule has 1 unspecified atom stereocenters. The number of aromatic nitrogens is 1. The van der Waals surface area contributed by atoms with E-state index in [0.717, 1.165) is 18.7 Å². The van der Waals surface area contributed by atoms with E-state index >= 15 is 0 Å². The summed E-state index contributed by atoms with van der Waals surface area (Å²) in [5.74, 6) is 0.656. The summed E-state index contributed by atoms with van der Waals surface area (Å²) >= 11 is 0. The van der Waals surface area contributed by atoms with Crippen LogP contribution < -0.4 is 10.9 Å². The lowest BCUT2D eigenvalue weighted by atomic mass is 9.82. The van der Waals surface area contributed by atoms with Gasteiger partial charge in [-0.25, -0.2) is 0 Å². The first-order valence-corrected chi connectivity index (χ1v) is 11.3. The van der Waals surface area contributed by atoms with Gasteiger partial charge in [-0.05, 0) is 67.1 Å². The van der Waals surface area contributed by atoms with Crippen molar-refractivity contribution in [2.75, 3.05) is 13.1 Å². The molecule has 4 rings (SSSR count). The molecule has 0 bridgehead atoms. The molecule has 0 saturated carbocycles. The van der Waals surface area contributed by atoms with Crippen molar-refractivity contribution in [3.8, 4) is 0 Å². The van der Waals surface area contributed by atoms with E-state index < -0.39 is 0 Å². The first-order valence-electron chi connectivity index (χ1n) is 11.3. The molecule has 0 spiro atoms. The number of benzene rings is 2. The monoisotopic (exact) mass is 429 g/mol. The third-order valence-electron chi connectivity index (χ3n) is 6.65. The van der Waals surface area contributed by atoms with E-state index in [1.807, 2.05) is 6.07 Å². The normalized spacial score (nSPS) is 16.1. The number of hydrogen-bond acceptors (Lipinski definition) is 4. The molecule has 1 aromatic heterocycles. The fraction of sp³-hybridized carbons (Fsp3) is 0.333. The van der Waals surface area contributed by atoms with Crippen molar-refractivity contribution in [2.24, 2.45) is 12.2 Å². The van der Waals surface area contributed by atoms with Crippen LogP contribution in [-0.2, 0) is 7.05 Å². The largest absolute Gasteiger partial charge is 0.411 e. The number of rotatable bonds is 6. The summed E-state index contributed by atoms with van der Waals surface area (Å²) in [5.41, 5.74) is 6.24. The van der Waals surface area contributed by atoms with Gasteiger partial charge < -0.3 is 15.1 Å². The maximum Gasteiger partial charge on any atom is 0.250 e. The topological polar surface area (TPSA) is 66.6 Å². The van der Waals surface area contributed by atoms with Crippen LogP contribution >= 0.6 is 0 Å². The van der Waals surface area contributed by atoms with E-state index in [1.54, 1.807) is 19.3 Å². The molecule has 5 heteroatoms. The fourth-order valence-corrected chi connectivity index (χ4v) is 4.72. The Bertz CT molecular complexity index is 1140. The number of aryl methyl sites for hydroxylation is 2. The molecule has 1 aliphatic rings. The SMILES string of the molecule is Cc1ccccc1C(C/C(=N\O)c1ccc(=O)n(C)c1)c1ccc(C2CCNCC2)cc1. The van der Waals surface area contributed by atoms with Crippen molar-refractivity contribution < 1.29 is 5.21 Å². The van der Waals surface area contributed by atoms with E-state index in [9.17, 15) is 10.0 Å². The van der Waals surface area contributed by atoms with Gasteiger partial charge in [-0.1, -0.05) is 53.7 Å². The van der Waals surface area contributed by atoms with Gasteiger partial charge in [0.15, 0.2) is 0 Å². The second-order valence-electron chi connectivity index (χ2n) is 8.72. The van der Waals surface area contributed by atoms with Crippen molar-refractivity contribution in [1.82, 2.24) is 9.88 Å². The van der Waals surface area contributed by atoms with Gasteiger partial charge in [-0.3, -0.25) is 4.79 Å². The zero-order chi connectivity index (χ0) is 22.5. The summed E-state index contributed by atoms with van der Waals surface area (Å²) in [6.45, 7) is 4.27. The molecular weight excluding hydrogens is 398 g/mol. The van der Waals surface area contributed by atoms with E-state index in [1.165, 1.54) is 45.7 Å². The Kier molecular flexibility index (Phi) is 6.86. The zero-order valence-corrected chi connectivity index (χ0v) is 18.8. The molecule has 0 aliphatic carbocycles. The van der Waals surface area contributed by atoms with Crippen LogP contribution in [0.15, 0.2) is 76.8 Å². The van der Waals surface area contributed by atoms with Crippen LogP contribution in [0.25, 0.3) is 0 Å². The van der Waals surface area contributed by atoms with Crippen molar-refractivity contribution in [3.63, 3.8) is 0 Å². The summed E-state index contributed by atoms with van der Waals surface area (Å²) in [6.07, 6.45) is 4.61. The van der Waals surface area contributed by atoms with Gasteiger partial charge in [0, 0.05) is 37.2 Å². The lowest BCUT2D eigenvalue weighted by Gasteiger charge is -2.25. The van der Waals surface area contributed by atoms with Crippen molar-refractivity contribution in [2.45, 2.75) is 38.0 Å². The minimum Gasteiger partial charge on any atom is -0.411 e. The number of oxime groups is 1. The van der Waals surface area contributed by atoms with Crippen LogP contribution in [0.1, 0.15) is 58.9 Å². The molecule has 166 valence electrons. The Labute approximate surface area is 189 Å². The van der Waals surface area contributed by atoms with Gasteiger partial charge in [0.05, 0.1) is 5.71 Å². The van der Waals surface area contributed by atoms with Crippen LogP contribution in [0.2, 0.25) is 0 Å². The predicted octanol–water partition coefficient (Wildman–Crippen LogP) is 4.56. The number of pyridine rings is 1. The summed E-state index contributed by atoms with van der Waals surface area (Å²) < 4.78 is 1.51. The molecular formula is C27H31N3O2. The number of piperidine rings is 1. The molecule has 1 atom stereocenters. The predicted molar refractivity (Wildman–Crippen MR) is 129 cm³/mol. The third-order valence-corrected chi connectivity index (χ3v) is 6.65. The maximum absolute atomic E-state index is 11.8. The Morgan fingerprint density at radius 3 is 2.47 bits per heavy atom. The Morgan fingerprint density at radius 1 is 1.09 bits per heavy atom. The molecule has 3 aromatic rings. The van der Waals surface area contributed by atoms with Gasteiger partial charge in [0.2, 0.25) is 5.56 Å². The number of nitrogens with one attached hydrogen (secondary N) is 1. The lowest BCUT2D eigenvalue weighted by Crippen LogP contribution is -2.26. The second-order valence-corrected chi connectivity index (χ2v) is 8.72. The van der Waals surface area contributed by atoms with Crippen molar-refractivity contribution >= 4 is 5.71 Å². The Balaban J connectivity index is 1.68. The van der Waals surface area contributed by atoms with Gasteiger partial charge in [0.1, 0.15) is 0 Å². The minimum absolute atomic E-state index is 0.0430. The van der Waals surface area contributed by atoms with Gasteiger partial charge in [-0.2, -0.15) is 0 Å². The van der Waals surface area contributed by atoms with Crippen LogP contribution in [0.5, 0.6) is 0 Å². The molecule has 0 radical (unpaired) electrons. The van der Waals surface area contributed by atoms with Gasteiger partial charge >= 0.3 is 0 Å². The number of hydrogen-bond donors (Lipinski definition) is 2. The smallest absolute Gasteiger partial charge is 0.250 e. The van der Waals surface area contributed by atoms with Crippen molar-refractivity contribution in [1.29, 1.82) is 0 Å². The summed E-state index contributed by atoms with van der Waals surface area (Å²) in [6, 6.07) is 20.6. The maximum atomic E-state index is 11.8. The Hall–Kier alpha value is -3.18. The van der Waals surface area contributed by atoms with Crippen LogP contribution in [0, 0.1) is 6.92 Å². The summed E-state index contributed by atoms with van der Waals surface area (Å²) in [4.78, 5) is 11.8. The van der Waals surface area contributed by atoms with Gasteiger partial charge in [0.25, 0.3) is 0 Å². The van der Waals surface area contributed by atoms with E-state index in [-0.39, 0.29) is 11.5 Å². The van der Waals surface area contributed by atoms with Crippen LogP contribution in [0.3, 0.4) is 0 Å². The van der Waals surface area contributed by atoms with Gasteiger partial charge in [-0.15, -0.1) is 0 Å². The highest BCUT2D eigenvalue weighted by atomic mass is 16.4. The fourth-order valence-electron chi connectivity index (χ4n) is 4.72. The van der Waals surface area contributed by atoms with E-state index in [0.29, 0.717) is 18.1 Å². The average molecular weight is 430 g/mol. The van der Waals surface area contributed by atoms with Crippen LogP contribution in [0.4, 0.5) is 0 Å². The highest BCUT2D eigenvalue weighted by molar-refractivity contribution is 6.00. The highest BCUT2D eigenvalue weighted by Gasteiger charge is 2.22. The molecule has 5 nitrogen and oxygen atoms in total. The molecule has 32 heavy (non-hydrogen) atoms. The molecule has 1 saturated heterocycles. The highest BCUT2D eigenvalue weighted by Crippen LogP contribution is 2.33. The van der Waals surface area contributed by atoms with E-state index in [2.05, 4.69) is 59.9 Å². The molecule has 1 aliphatic heterocycles. The number of nitrogens with zero attached hydrogens (tertiary/aromatic N) is 2. The summed E-state index contributed by atoms with van der Waals surface area (Å²) in [7, 11) is 1.71. The quantitative estimate of drug-likeness (QED) is 0.343. The minimum atomic E-state index is -0.0880. The molecule has 2 aromatic carbocycles. The Morgan fingerprint density at radius 2 is 1.81 bits per heavy atom. The third kappa shape index (κ3) is 4.83. The lowest BCUT2D eigenvalue weighted by molar-refractivity contribution is 0.317. The van der Waals surface area contributed by atoms with Crippen molar-refractivity contribution in [3.05, 3.63) is 105 Å². The molecule has 0 amide bonds. The first kappa shape index (κ1) is 22.0. The van der Waals surface area contributed by atoms with E-state index in [4.69, 9.17) is 0 Å². The standard InChI is InChI=1S/C27H31N3O2/c1-19-5-3-4-6-24(19)25(17-26(29-32)23-11-12-27(31)30(2)18-23)22-9-7-20(8-10-22)21-13-15-28-16-14-21/h3-12,18,21,25,28,32H,13-17H2,1-2H3/b29-26+. The molecule has 2 heterocycles. The zero-order valence-electron chi connectivity index (χ0n) is 18.8. The first-order chi connectivity index (χ1) is 15.6. The molecule has 2 N–H and O–H groups in total. The van der Waals surface area contributed by atoms with Crippen LogP contribution in [-0.4, -0.2) is 28.6 Å². The second kappa shape index (κ2) is 9.96. The average Bonchev–Trinajstić information content (AvgIpc) is 2.83. The molecule has 1 fully saturated rings. The summed E-state index contributed by atoms with van der Waals surface area (Å²) in [5, 5.41) is 16.9.